The number of pyridine rings is 1. The molecular formula is C15H21N3. The zero-order chi connectivity index (χ0) is 13.0. The molecule has 0 spiro atoms. The molecule has 1 saturated carbocycles. The fourth-order valence-electron chi connectivity index (χ4n) is 2.88. The van der Waals surface area contributed by atoms with Gasteiger partial charge in [0.15, 0.2) is 0 Å². The number of hydrogen-bond acceptors (Lipinski definition) is 3. The van der Waals surface area contributed by atoms with Crippen molar-refractivity contribution in [2.75, 3.05) is 11.9 Å². The molecule has 0 amide bonds. The van der Waals surface area contributed by atoms with Crippen LogP contribution in [0.5, 0.6) is 0 Å². The van der Waals surface area contributed by atoms with Gasteiger partial charge in [0, 0.05) is 12.7 Å². The first kappa shape index (κ1) is 12.9. The Bertz CT molecular complexity index is 453. The highest BCUT2D eigenvalue weighted by Gasteiger charge is 2.31. The van der Waals surface area contributed by atoms with Gasteiger partial charge in [-0.2, -0.15) is 5.26 Å². The molecule has 1 aliphatic carbocycles. The molecule has 0 bridgehead atoms. The van der Waals surface area contributed by atoms with E-state index in [1.807, 2.05) is 13.0 Å². The van der Waals surface area contributed by atoms with E-state index >= 15 is 0 Å². The Morgan fingerprint density at radius 3 is 2.78 bits per heavy atom. The van der Waals surface area contributed by atoms with Gasteiger partial charge in [-0.1, -0.05) is 19.8 Å². The Kier molecular flexibility index (Phi) is 3.86. The minimum Gasteiger partial charge on any atom is -0.368 e. The van der Waals surface area contributed by atoms with Crippen molar-refractivity contribution in [2.24, 2.45) is 5.41 Å². The van der Waals surface area contributed by atoms with E-state index in [0.29, 0.717) is 11.0 Å². The molecule has 3 heteroatoms. The third kappa shape index (κ3) is 2.48. The van der Waals surface area contributed by atoms with E-state index in [0.717, 1.165) is 17.9 Å². The van der Waals surface area contributed by atoms with E-state index < -0.39 is 0 Å². The average Bonchev–Trinajstić information content (AvgIpc) is 2.86. The summed E-state index contributed by atoms with van der Waals surface area (Å²) in [4.78, 5) is 4.30. The van der Waals surface area contributed by atoms with E-state index in [-0.39, 0.29) is 0 Å². The van der Waals surface area contributed by atoms with E-state index in [1.165, 1.54) is 32.1 Å². The molecule has 2 rings (SSSR count). The second-order valence-electron chi connectivity index (χ2n) is 5.38. The molecule has 1 N–H and O–H groups in total. The van der Waals surface area contributed by atoms with Crippen LogP contribution in [0.2, 0.25) is 0 Å². The average molecular weight is 243 g/mol. The van der Waals surface area contributed by atoms with Gasteiger partial charge in [-0.25, -0.2) is 4.98 Å². The summed E-state index contributed by atoms with van der Waals surface area (Å²) >= 11 is 0. The van der Waals surface area contributed by atoms with Crippen LogP contribution < -0.4 is 5.32 Å². The van der Waals surface area contributed by atoms with Crippen LogP contribution in [0.4, 0.5) is 5.82 Å². The van der Waals surface area contributed by atoms with Crippen LogP contribution in [-0.2, 0) is 0 Å². The number of aromatic nitrogens is 1. The predicted molar refractivity (Wildman–Crippen MR) is 73.4 cm³/mol. The molecule has 0 radical (unpaired) electrons. The summed E-state index contributed by atoms with van der Waals surface area (Å²) in [5.41, 5.74) is 2.09. The van der Waals surface area contributed by atoms with Gasteiger partial charge >= 0.3 is 0 Å². The van der Waals surface area contributed by atoms with Crippen LogP contribution in [0.3, 0.4) is 0 Å². The van der Waals surface area contributed by atoms with Crippen molar-refractivity contribution in [3.63, 3.8) is 0 Å². The van der Waals surface area contributed by atoms with Crippen molar-refractivity contribution >= 4 is 5.82 Å². The topological polar surface area (TPSA) is 48.7 Å². The largest absolute Gasteiger partial charge is 0.368 e. The third-order valence-corrected chi connectivity index (χ3v) is 4.32. The highest BCUT2D eigenvalue weighted by atomic mass is 15.0. The highest BCUT2D eigenvalue weighted by molar-refractivity contribution is 5.55. The highest BCUT2D eigenvalue weighted by Crippen LogP contribution is 2.41. The van der Waals surface area contributed by atoms with Crippen LogP contribution in [0, 0.1) is 23.7 Å². The summed E-state index contributed by atoms with van der Waals surface area (Å²) in [7, 11) is 0. The lowest BCUT2D eigenvalue weighted by Gasteiger charge is -2.28. The van der Waals surface area contributed by atoms with Gasteiger partial charge in [-0.15, -0.1) is 0 Å². The van der Waals surface area contributed by atoms with Crippen molar-refractivity contribution < 1.29 is 0 Å². The second kappa shape index (κ2) is 5.39. The normalized spacial score (nSPS) is 17.4. The molecule has 1 aliphatic rings. The van der Waals surface area contributed by atoms with Gasteiger partial charge in [-0.3, -0.25) is 0 Å². The number of nitriles is 1. The first-order valence-corrected chi connectivity index (χ1v) is 6.80. The van der Waals surface area contributed by atoms with E-state index in [2.05, 4.69) is 23.3 Å². The van der Waals surface area contributed by atoms with Crippen molar-refractivity contribution in [3.8, 4) is 6.07 Å². The monoisotopic (exact) mass is 243 g/mol. The van der Waals surface area contributed by atoms with Crippen LogP contribution in [0.15, 0.2) is 12.3 Å². The van der Waals surface area contributed by atoms with Crippen LogP contribution in [-0.4, -0.2) is 11.5 Å². The fourth-order valence-corrected chi connectivity index (χ4v) is 2.88. The summed E-state index contributed by atoms with van der Waals surface area (Å²) in [5.74, 6) is 0.747. The molecule has 0 aromatic carbocycles. The Hall–Kier alpha value is -1.56. The quantitative estimate of drug-likeness (QED) is 0.878. The molecule has 18 heavy (non-hydrogen) atoms. The van der Waals surface area contributed by atoms with E-state index in [9.17, 15) is 5.26 Å². The minimum absolute atomic E-state index is 0.415. The number of anilines is 1. The Morgan fingerprint density at radius 1 is 1.44 bits per heavy atom. The van der Waals surface area contributed by atoms with Crippen molar-refractivity contribution in [3.05, 3.63) is 23.4 Å². The smallest absolute Gasteiger partial charge is 0.144 e. The van der Waals surface area contributed by atoms with Gasteiger partial charge in [0.2, 0.25) is 0 Å². The van der Waals surface area contributed by atoms with Crippen molar-refractivity contribution in [1.29, 1.82) is 5.26 Å². The molecule has 0 atom stereocenters. The molecule has 96 valence electrons. The minimum atomic E-state index is 0.415. The predicted octanol–water partition coefficient (Wildman–Crippen LogP) is 3.64. The lowest BCUT2D eigenvalue weighted by atomic mass is 9.83. The summed E-state index contributed by atoms with van der Waals surface area (Å²) in [6.45, 7) is 5.16. The maximum Gasteiger partial charge on any atom is 0.144 e. The SMILES string of the molecule is CCC1(CNc2nccc(C)c2C#N)CCCC1. The second-order valence-corrected chi connectivity index (χ2v) is 5.38. The van der Waals surface area contributed by atoms with Gasteiger partial charge in [-0.05, 0) is 43.2 Å². The van der Waals surface area contributed by atoms with Gasteiger partial charge in [0.1, 0.15) is 11.9 Å². The van der Waals surface area contributed by atoms with Crippen LogP contribution in [0.1, 0.15) is 50.2 Å². The molecule has 0 unspecified atom stereocenters. The molecular weight excluding hydrogens is 222 g/mol. The summed E-state index contributed by atoms with van der Waals surface area (Å²) in [6.07, 6.45) is 8.23. The zero-order valence-corrected chi connectivity index (χ0v) is 11.3. The number of hydrogen-bond donors (Lipinski definition) is 1. The van der Waals surface area contributed by atoms with Gasteiger partial charge < -0.3 is 5.32 Å². The van der Waals surface area contributed by atoms with Crippen LogP contribution >= 0.6 is 0 Å². The zero-order valence-electron chi connectivity index (χ0n) is 11.3. The lowest BCUT2D eigenvalue weighted by Crippen LogP contribution is -2.26. The molecule has 1 aromatic rings. The summed E-state index contributed by atoms with van der Waals surface area (Å²) in [6, 6.07) is 4.13. The van der Waals surface area contributed by atoms with Crippen molar-refractivity contribution in [1.82, 2.24) is 4.98 Å². The first-order valence-electron chi connectivity index (χ1n) is 6.80. The van der Waals surface area contributed by atoms with Gasteiger partial charge in [0.25, 0.3) is 0 Å². The molecule has 1 aromatic heterocycles. The maximum absolute atomic E-state index is 9.18. The third-order valence-electron chi connectivity index (χ3n) is 4.32. The molecule has 1 heterocycles. The Morgan fingerprint density at radius 2 is 2.17 bits per heavy atom. The molecule has 3 nitrogen and oxygen atoms in total. The van der Waals surface area contributed by atoms with E-state index in [4.69, 9.17) is 0 Å². The van der Waals surface area contributed by atoms with Crippen molar-refractivity contribution in [2.45, 2.75) is 46.0 Å². The Labute approximate surface area is 109 Å². The number of nitrogens with zero attached hydrogens (tertiary/aromatic N) is 2. The molecule has 0 saturated heterocycles. The maximum atomic E-state index is 9.18. The Balaban J connectivity index is 2.11. The fraction of sp³-hybridized carbons (Fsp3) is 0.600. The number of aryl methyl sites for hydroxylation is 1. The lowest BCUT2D eigenvalue weighted by molar-refractivity contribution is 0.306. The number of nitrogens with one attached hydrogen (secondary N) is 1. The summed E-state index contributed by atoms with van der Waals surface area (Å²) in [5, 5.41) is 12.6. The number of rotatable bonds is 4. The van der Waals surface area contributed by atoms with E-state index in [1.54, 1.807) is 6.20 Å². The summed E-state index contributed by atoms with van der Waals surface area (Å²) < 4.78 is 0. The first-order chi connectivity index (χ1) is 8.71. The molecule has 0 aliphatic heterocycles. The van der Waals surface area contributed by atoms with Gasteiger partial charge in [0.05, 0.1) is 5.56 Å². The standard InChI is InChI=1S/C15H21N3/c1-3-15(7-4-5-8-15)11-18-14-13(10-16)12(2)6-9-17-14/h6,9H,3-5,7-8,11H2,1-2H3,(H,17,18). The van der Waals surface area contributed by atoms with Crippen LogP contribution in [0.25, 0.3) is 0 Å². The molecule has 1 fully saturated rings.